The molecule has 6 heavy (non-hydrogen) atoms. The highest BCUT2D eigenvalue weighted by molar-refractivity contribution is 6.56. The van der Waals surface area contributed by atoms with E-state index in [1.165, 1.54) is 0 Å². The second-order valence-corrected chi connectivity index (χ2v) is 2.21. The summed E-state index contributed by atoms with van der Waals surface area (Å²) in [6.07, 6.45) is 0. The average molecular weight is 125 g/mol. The van der Waals surface area contributed by atoms with Crippen molar-refractivity contribution < 1.29 is 0 Å². The fourth-order valence-corrected chi connectivity index (χ4v) is 0. The molecule has 0 amide bonds. The summed E-state index contributed by atoms with van der Waals surface area (Å²) in [6.45, 7) is 3.71. The molecule has 0 aliphatic carbocycles. The van der Waals surface area contributed by atoms with Crippen LogP contribution in [-0.4, -0.2) is 0 Å². The topological polar surface area (TPSA) is 0 Å². The summed E-state index contributed by atoms with van der Waals surface area (Å²) >= 11 is 10.5. The Hall–Kier alpha value is 0.320. The molecule has 0 radical (unpaired) electrons. The Morgan fingerprint density at radius 1 is 1.17 bits per heavy atom. The predicted octanol–water partition coefficient (Wildman–Crippen LogP) is 2.72. The SMILES string of the molecule is CC(C)=C(Cl)Cl. The third kappa shape index (κ3) is 2.55. The van der Waals surface area contributed by atoms with Crippen LogP contribution in [0.5, 0.6) is 0 Å². The first-order valence-corrected chi connectivity index (χ1v) is 2.38. The molecule has 0 aromatic carbocycles. The summed E-state index contributed by atoms with van der Waals surface area (Å²) in [5.41, 5.74) is 0.957. The van der Waals surface area contributed by atoms with Gasteiger partial charge in [-0.3, -0.25) is 0 Å². The maximum Gasteiger partial charge on any atom is 0.105 e. The number of halogens is 2. The van der Waals surface area contributed by atoms with E-state index in [9.17, 15) is 0 Å². The van der Waals surface area contributed by atoms with Crippen LogP contribution in [0.4, 0.5) is 0 Å². The highest BCUT2D eigenvalue weighted by Gasteiger charge is 1.81. The highest BCUT2D eigenvalue weighted by atomic mass is 35.5. The molecule has 0 rings (SSSR count). The van der Waals surface area contributed by atoms with Gasteiger partial charge < -0.3 is 0 Å². The van der Waals surface area contributed by atoms with Crippen molar-refractivity contribution in [3.8, 4) is 0 Å². The zero-order valence-electron chi connectivity index (χ0n) is 3.76. The second-order valence-electron chi connectivity index (χ2n) is 1.26. The van der Waals surface area contributed by atoms with E-state index >= 15 is 0 Å². The predicted molar refractivity (Wildman–Crippen MR) is 30.1 cm³/mol. The Bertz CT molecular complexity index is 55.6. The van der Waals surface area contributed by atoms with E-state index in [1.54, 1.807) is 0 Å². The Morgan fingerprint density at radius 3 is 1.33 bits per heavy atom. The first-order chi connectivity index (χ1) is 2.64. The van der Waals surface area contributed by atoms with E-state index < -0.39 is 0 Å². The summed E-state index contributed by atoms with van der Waals surface area (Å²) in [5.74, 6) is 0. The molecule has 0 unspecified atom stereocenters. The van der Waals surface area contributed by atoms with E-state index in [4.69, 9.17) is 23.2 Å². The standard InChI is InChI=1S/C4H6Cl2/c1-3(2)4(5)6/h1-2H3. The lowest BCUT2D eigenvalue weighted by atomic mass is 10.4. The molecule has 0 N–H and O–H groups in total. The van der Waals surface area contributed by atoms with Crippen LogP contribution in [0.2, 0.25) is 0 Å². The lowest BCUT2D eigenvalue weighted by molar-refractivity contribution is 1.40. The van der Waals surface area contributed by atoms with Crippen LogP contribution < -0.4 is 0 Å². The van der Waals surface area contributed by atoms with E-state index in [-0.39, 0.29) is 0 Å². The zero-order chi connectivity index (χ0) is 5.15. The number of allylic oxidation sites excluding steroid dienone is 1. The third-order valence-corrected chi connectivity index (χ3v) is 1.13. The highest BCUT2D eigenvalue weighted by Crippen LogP contribution is 2.11. The Labute approximate surface area is 47.8 Å². The maximum atomic E-state index is 5.26. The van der Waals surface area contributed by atoms with E-state index in [2.05, 4.69) is 0 Å². The van der Waals surface area contributed by atoms with Crippen LogP contribution in [0.25, 0.3) is 0 Å². The lowest BCUT2D eigenvalue weighted by Crippen LogP contribution is -1.58. The van der Waals surface area contributed by atoms with Gasteiger partial charge in [-0.05, 0) is 19.4 Å². The molecule has 0 bridgehead atoms. The summed E-state index contributed by atoms with van der Waals surface area (Å²) in [6, 6.07) is 0. The molecule has 36 valence electrons. The smallest absolute Gasteiger partial charge is 0.0710 e. The van der Waals surface area contributed by atoms with Crippen LogP contribution in [0, 0.1) is 0 Å². The average Bonchev–Trinajstić information content (AvgIpc) is 1.36. The first kappa shape index (κ1) is 6.32. The molecule has 0 nitrogen and oxygen atoms in total. The molecule has 2 heteroatoms. The minimum atomic E-state index is 0.370. The normalized spacial score (nSPS) is 8.00. The van der Waals surface area contributed by atoms with Gasteiger partial charge in [-0.1, -0.05) is 23.2 Å². The van der Waals surface area contributed by atoms with Gasteiger partial charge in [0.1, 0.15) is 4.49 Å². The molecular weight excluding hydrogens is 119 g/mol. The van der Waals surface area contributed by atoms with Crippen molar-refractivity contribution in [1.29, 1.82) is 0 Å². The van der Waals surface area contributed by atoms with Gasteiger partial charge in [-0.2, -0.15) is 0 Å². The van der Waals surface area contributed by atoms with Gasteiger partial charge in [0.15, 0.2) is 0 Å². The minimum absolute atomic E-state index is 0.370. The molecule has 0 aromatic rings. The Morgan fingerprint density at radius 2 is 1.33 bits per heavy atom. The van der Waals surface area contributed by atoms with Crippen LogP contribution in [0.15, 0.2) is 10.1 Å². The Kier molecular flexibility index (Phi) is 2.62. The van der Waals surface area contributed by atoms with Gasteiger partial charge in [-0.15, -0.1) is 0 Å². The van der Waals surface area contributed by atoms with Crippen molar-refractivity contribution in [3.05, 3.63) is 10.1 Å². The van der Waals surface area contributed by atoms with Gasteiger partial charge in [-0.25, -0.2) is 0 Å². The summed E-state index contributed by atoms with van der Waals surface area (Å²) in [7, 11) is 0. The first-order valence-electron chi connectivity index (χ1n) is 1.63. The molecular formula is C4H6Cl2. The van der Waals surface area contributed by atoms with E-state index in [1.807, 2.05) is 13.8 Å². The minimum Gasteiger partial charge on any atom is -0.0710 e. The van der Waals surface area contributed by atoms with Crippen LogP contribution in [0.1, 0.15) is 13.8 Å². The number of rotatable bonds is 0. The molecule has 0 aliphatic heterocycles. The fraction of sp³-hybridized carbons (Fsp3) is 0.500. The van der Waals surface area contributed by atoms with Gasteiger partial charge >= 0.3 is 0 Å². The van der Waals surface area contributed by atoms with Gasteiger partial charge in [0, 0.05) is 0 Å². The van der Waals surface area contributed by atoms with Crippen LogP contribution in [0.3, 0.4) is 0 Å². The molecule has 0 aliphatic rings. The monoisotopic (exact) mass is 124 g/mol. The molecule has 0 fully saturated rings. The van der Waals surface area contributed by atoms with Crippen molar-refractivity contribution in [2.75, 3.05) is 0 Å². The van der Waals surface area contributed by atoms with Gasteiger partial charge in [0.05, 0.1) is 0 Å². The van der Waals surface area contributed by atoms with Crippen molar-refractivity contribution in [2.24, 2.45) is 0 Å². The number of hydrogen-bond donors (Lipinski definition) is 0. The van der Waals surface area contributed by atoms with Crippen LogP contribution in [-0.2, 0) is 0 Å². The van der Waals surface area contributed by atoms with Crippen LogP contribution >= 0.6 is 23.2 Å². The second kappa shape index (κ2) is 2.49. The van der Waals surface area contributed by atoms with E-state index in [0.29, 0.717) is 4.49 Å². The summed E-state index contributed by atoms with van der Waals surface area (Å²) in [4.78, 5) is 0. The summed E-state index contributed by atoms with van der Waals surface area (Å²) < 4.78 is 0.370. The molecule has 0 aromatic heterocycles. The largest absolute Gasteiger partial charge is 0.105 e. The third-order valence-electron chi connectivity index (χ3n) is 0.378. The molecule has 0 spiro atoms. The van der Waals surface area contributed by atoms with Gasteiger partial charge in [0.25, 0.3) is 0 Å². The van der Waals surface area contributed by atoms with Crippen molar-refractivity contribution >= 4 is 23.2 Å². The zero-order valence-corrected chi connectivity index (χ0v) is 5.27. The van der Waals surface area contributed by atoms with Crippen molar-refractivity contribution in [1.82, 2.24) is 0 Å². The van der Waals surface area contributed by atoms with Crippen molar-refractivity contribution in [3.63, 3.8) is 0 Å². The quantitative estimate of drug-likeness (QED) is 0.466. The van der Waals surface area contributed by atoms with E-state index in [0.717, 1.165) is 5.57 Å². The Balaban J connectivity index is 3.68. The number of hydrogen-bond acceptors (Lipinski definition) is 0. The molecule has 0 atom stereocenters. The maximum absolute atomic E-state index is 5.26. The fourth-order valence-electron chi connectivity index (χ4n) is 0. The van der Waals surface area contributed by atoms with Gasteiger partial charge in [0.2, 0.25) is 0 Å². The molecule has 0 saturated carbocycles. The summed E-state index contributed by atoms with van der Waals surface area (Å²) in [5, 5.41) is 0. The molecule has 0 heterocycles. The lowest BCUT2D eigenvalue weighted by Gasteiger charge is -1.82. The molecule has 0 saturated heterocycles. The van der Waals surface area contributed by atoms with Crippen molar-refractivity contribution in [2.45, 2.75) is 13.8 Å².